The lowest BCUT2D eigenvalue weighted by molar-refractivity contribution is 0.208. The predicted octanol–water partition coefficient (Wildman–Crippen LogP) is 2.18. The van der Waals surface area contributed by atoms with E-state index in [1.165, 1.54) is 12.1 Å². The van der Waals surface area contributed by atoms with Crippen LogP contribution in [-0.2, 0) is 5.33 Å². The molecule has 13 heavy (non-hydrogen) atoms. The molecule has 1 rings (SSSR count). The number of ether oxygens (including phenoxy) is 1. The van der Waals surface area contributed by atoms with Crippen LogP contribution in [0.1, 0.15) is 5.56 Å². The summed E-state index contributed by atoms with van der Waals surface area (Å²) < 4.78 is 17.4. The number of amides is 1. The fraction of sp³-hybridized carbons (Fsp3) is 0.125. The molecule has 1 aromatic carbocycles. The molecule has 0 unspecified atom stereocenters. The van der Waals surface area contributed by atoms with Crippen LogP contribution < -0.4 is 10.5 Å². The first-order valence-corrected chi connectivity index (χ1v) is 4.57. The number of carbonyl (C=O) groups is 1. The third-order valence-corrected chi connectivity index (χ3v) is 2.01. The van der Waals surface area contributed by atoms with Gasteiger partial charge in [-0.25, -0.2) is 9.18 Å². The van der Waals surface area contributed by atoms with E-state index >= 15 is 0 Å². The van der Waals surface area contributed by atoms with Crippen molar-refractivity contribution in [2.45, 2.75) is 5.33 Å². The summed E-state index contributed by atoms with van der Waals surface area (Å²) in [5.74, 6) is -0.757. The third-order valence-electron chi connectivity index (χ3n) is 1.36. The number of primary amides is 1. The van der Waals surface area contributed by atoms with Gasteiger partial charge in [0.2, 0.25) is 0 Å². The number of carbonyl (C=O) groups excluding carboxylic acids is 1. The topological polar surface area (TPSA) is 52.3 Å². The summed E-state index contributed by atoms with van der Waals surface area (Å²) in [5.41, 5.74) is 5.49. The Labute approximate surface area is 82.8 Å². The summed E-state index contributed by atoms with van der Waals surface area (Å²) in [7, 11) is 0. The van der Waals surface area contributed by atoms with Gasteiger partial charge in [0, 0.05) is 5.33 Å². The molecule has 0 aliphatic heterocycles. The molecule has 0 atom stereocenters. The highest BCUT2D eigenvalue weighted by Gasteiger charge is 2.06. The van der Waals surface area contributed by atoms with Gasteiger partial charge in [0.25, 0.3) is 0 Å². The molecule has 0 heterocycles. The standard InChI is InChI=1S/C8H7BrFNO2/c9-4-5-1-2-7(6(10)3-5)13-8(11)12/h1-3H,4H2,(H2,11,12). The van der Waals surface area contributed by atoms with Gasteiger partial charge in [0.15, 0.2) is 11.6 Å². The number of nitrogens with two attached hydrogens (primary N) is 1. The lowest BCUT2D eigenvalue weighted by Crippen LogP contribution is -2.16. The molecule has 3 nitrogen and oxygen atoms in total. The van der Waals surface area contributed by atoms with Gasteiger partial charge in [-0.3, -0.25) is 0 Å². The molecule has 1 amide bonds. The van der Waals surface area contributed by atoms with Crippen molar-refractivity contribution >= 4 is 22.0 Å². The van der Waals surface area contributed by atoms with E-state index in [1.807, 2.05) is 0 Å². The molecule has 0 bridgehead atoms. The van der Waals surface area contributed by atoms with Gasteiger partial charge < -0.3 is 10.5 Å². The number of hydrogen-bond donors (Lipinski definition) is 1. The van der Waals surface area contributed by atoms with Crippen LogP contribution in [0.2, 0.25) is 0 Å². The molecule has 0 aromatic heterocycles. The van der Waals surface area contributed by atoms with Gasteiger partial charge in [0.05, 0.1) is 0 Å². The van der Waals surface area contributed by atoms with Crippen molar-refractivity contribution in [1.82, 2.24) is 0 Å². The van der Waals surface area contributed by atoms with Crippen LogP contribution in [0, 0.1) is 5.82 Å². The van der Waals surface area contributed by atoms with E-state index in [0.717, 1.165) is 5.56 Å². The van der Waals surface area contributed by atoms with Gasteiger partial charge in [-0.2, -0.15) is 0 Å². The minimum Gasteiger partial charge on any atom is -0.407 e. The minimum atomic E-state index is -1.02. The smallest absolute Gasteiger partial charge is 0.407 e. The molecule has 0 aliphatic rings. The Morgan fingerprint density at radius 3 is 2.77 bits per heavy atom. The largest absolute Gasteiger partial charge is 0.410 e. The SMILES string of the molecule is NC(=O)Oc1ccc(CBr)cc1F. The molecule has 0 saturated heterocycles. The van der Waals surface area contributed by atoms with Crippen LogP contribution >= 0.6 is 15.9 Å². The maximum absolute atomic E-state index is 13.0. The second-order valence-electron chi connectivity index (χ2n) is 2.32. The Bertz CT molecular complexity index is 330. The van der Waals surface area contributed by atoms with Crippen molar-refractivity contribution in [3.05, 3.63) is 29.6 Å². The summed E-state index contributed by atoms with van der Waals surface area (Å²) in [6, 6.07) is 4.26. The minimum absolute atomic E-state index is 0.155. The predicted molar refractivity (Wildman–Crippen MR) is 49.2 cm³/mol. The van der Waals surface area contributed by atoms with E-state index < -0.39 is 11.9 Å². The summed E-state index contributed by atoms with van der Waals surface area (Å²) in [6.45, 7) is 0. The Morgan fingerprint density at radius 2 is 2.31 bits per heavy atom. The average Bonchev–Trinajstić information content (AvgIpc) is 2.08. The maximum atomic E-state index is 13.0. The number of rotatable bonds is 2. The van der Waals surface area contributed by atoms with Crippen molar-refractivity contribution < 1.29 is 13.9 Å². The second-order valence-corrected chi connectivity index (χ2v) is 2.88. The van der Waals surface area contributed by atoms with Crippen molar-refractivity contribution in [2.75, 3.05) is 0 Å². The van der Waals surface area contributed by atoms with Crippen LogP contribution in [-0.4, -0.2) is 6.09 Å². The second kappa shape index (κ2) is 4.23. The van der Waals surface area contributed by atoms with E-state index in [2.05, 4.69) is 20.7 Å². The summed E-state index contributed by atoms with van der Waals surface area (Å²) in [6.07, 6.45) is -1.02. The Balaban J connectivity index is 2.91. The van der Waals surface area contributed by atoms with E-state index in [0.29, 0.717) is 5.33 Å². The molecule has 5 heteroatoms. The van der Waals surface area contributed by atoms with Crippen molar-refractivity contribution in [1.29, 1.82) is 0 Å². The highest BCUT2D eigenvalue weighted by atomic mass is 79.9. The number of halogens is 2. The first-order valence-electron chi connectivity index (χ1n) is 3.45. The van der Waals surface area contributed by atoms with Crippen LogP contribution in [0.25, 0.3) is 0 Å². The first kappa shape index (κ1) is 9.98. The lowest BCUT2D eigenvalue weighted by atomic mass is 10.2. The highest BCUT2D eigenvalue weighted by Crippen LogP contribution is 2.19. The Morgan fingerprint density at radius 1 is 1.62 bits per heavy atom. The average molecular weight is 248 g/mol. The van der Waals surface area contributed by atoms with Crippen LogP contribution in [0.4, 0.5) is 9.18 Å². The maximum Gasteiger partial charge on any atom is 0.410 e. The quantitative estimate of drug-likeness (QED) is 0.815. The number of benzene rings is 1. The molecule has 0 radical (unpaired) electrons. The summed E-state index contributed by atoms with van der Waals surface area (Å²) in [5, 5.41) is 0.542. The number of hydrogen-bond acceptors (Lipinski definition) is 2. The van der Waals surface area contributed by atoms with E-state index in [1.54, 1.807) is 6.07 Å². The molecule has 70 valence electrons. The molecule has 0 spiro atoms. The normalized spacial score (nSPS) is 9.69. The van der Waals surface area contributed by atoms with Crippen molar-refractivity contribution in [3.8, 4) is 5.75 Å². The molecule has 2 N–H and O–H groups in total. The third kappa shape index (κ3) is 2.69. The van der Waals surface area contributed by atoms with Gasteiger partial charge in [0.1, 0.15) is 0 Å². The zero-order valence-electron chi connectivity index (χ0n) is 6.59. The fourth-order valence-electron chi connectivity index (χ4n) is 0.819. The molecule has 0 saturated carbocycles. The summed E-state index contributed by atoms with van der Waals surface area (Å²) in [4.78, 5) is 10.3. The monoisotopic (exact) mass is 247 g/mol. The molecular formula is C8H7BrFNO2. The van der Waals surface area contributed by atoms with Gasteiger partial charge >= 0.3 is 6.09 Å². The van der Waals surface area contributed by atoms with Crippen LogP contribution in [0.15, 0.2) is 18.2 Å². The van der Waals surface area contributed by atoms with E-state index in [9.17, 15) is 9.18 Å². The zero-order valence-corrected chi connectivity index (χ0v) is 8.17. The fourth-order valence-corrected chi connectivity index (χ4v) is 1.17. The molecule has 0 fully saturated rings. The van der Waals surface area contributed by atoms with Crippen molar-refractivity contribution in [3.63, 3.8) is 0 Å². The van der Waals surface area contributed by atoms with Gasteiger partial charge in [-0.05, 0) is 17.7 Å². The molecule has 1 aromatic rings. The molecular weight excluding hydrogens is 241 g/mol. The summed E-state index contributed by atoms with van der Waals surface area (Å²) >= 11 is 3.17. The zero-order chi connectivity index (χ0) is 9.84. The highest BCUT2D eigenvalue weighted by molar-refractivity contribution is 9.08. The van der Waals surface area contributed by atoms with Gasteiger partial charge in [-0.1, -0.05) is 22.0 Å². The first-order chi connectivity index (χ1) is 6.13. The Hall–Kier alpha value is -1.10. The van der Waals surface area contributed by atoms with E-state index in [4.69, 9.17) is 5.73 Å². The van der Waals surface area contributed by atoms with Crippen LogP contribution in [0.3, 0.4) is 0 Å². The Kier molecular flexibility index (Phi) is 3.25. The van der Waals surface area contributed by atoms with E-state index in [-0.39, 0.29) is 5.75 Å². The number of alkyl halides is 1. The van der Waals surface area contributed by atoms with Crippen LogP contribution in [0.5, 0.6) is 5.75 Å². The lowest BCUT2D eigenvalue weighted by Gasteiger charge is -2.02. The molecule has 0 aliphatic carbocycles. The van der Waals surface area contributed by atoms with Gasteiger partial charge in [-0.15, -0.1) is 0 Å². The van der Waals surface area contributed by atoms with Crippen molar-refractivity contribution in [2.24, 2.45) is 5.73 Å².